The number of esters is 1. The Bertz CT molecular complexity index is 1050. The summed E-state index contributed by atoms with van der Waals surface area (Å²) >= 11 is 0. The van der Waals surface area contributed by atoms with Crippen LogP contribution in [0.15, 0.2) is 24.3 Å². The van der Waals surface area contributed by atoms with Crippen molar-refractivity contribution in [2.45, 2.75) is 82.4 Å². The van der Waals surface area contributed by atoms with Crippen molar-refractivity contribution in [3.05, 3.63) is 30.0 Å². The van der Waals surface area contributed by atoms with Gasteiger partial charge in [0.2, 0.25) is 5.91 Å². The molecule has 1 aromatic carbocycles. The fourth-order valence-electron chi connectivity index (χ4n) is 6.88. The molecule has 0 radical (unpaired) electrons. The highest BCUT2D eigenvalue weighted by molar-refractivity contribution is 6.01. The number of hydrogen-bond donors (Lipinski definition) is 2. The minimum absolute atomic E-state index is 0.0762. The van der Waals surface area contributed by atoms with E-state index in [1.807, 2.05) is 24.3 Å². The fourth-order valence-corrected chi connectivity index (χ4v) is 6.88. The van der Waals surface area contributed by atoms with E-state index in [1.54, 1.807) is 0 Å². The zero-order valence-corrected chi connectivity index (χ0v) is 18.7. The van der Waals surface area contributed by atoms with Gasteiger partial charge in [-0.15, -0.1) is 0 Å². The average Bonchev–Trinajstić information content (AvgIpc) is 3.51. The first kappa shape index (κ1) is 20.3. The molecule has 0 unspecified atom stereocenters. The van der Waals surface area contributed by atoms with E-state index in [1.165, 1.54) is 38.5 Å². The highest BCUT2D eigenvalue weighted by Gasteiger charge is 2.46. The molecule has 2 N–H and O–H groups in total. The Morgan fingerprint density at radius 3 is 2.62 bits per heavy atom. The molecule has 6 nitrogen and oxygen atoms in total. The largest absolute Gasteiger partial charge is 0.434 e. The molecule has 1 amide bonds. The summed E-state index contributed by atoms with van der Waals surface area (Å²) in [6.07, 6.45) is 12.7. The van der Waals surface area contributed by atoms with Gasteiger partial charge in [-0.2, -0.15) is 0 Å². The summed E-state index contributed by atoms with van der Waals surface area (Å²) in [5.74, 6) is 0.967. The molecule has 2 aromatic rings. The van der Waals surface area contributed by atoms with E-state index in [2.05, 4.69) is 15.2 Å². The molecule has 2 aliphatic heterocycles. The van der Waals surface area contributed by atoms with Crippen molar-refractivity contribution in [3.63, 3.8) is 0 Å². The zero-order chi connectivity index (χ0) is 21.7. The van der Waals surface area contributed by atoms with Gasteiger partial charge in [-0.25, -0.2) is 4.79 Å². The molecular formula is C26H33N3O3. The maximum absolute atomic E-state index is 13.2. The van der Waals surface area contributed by atoms with Gasteiger partial charge in [-0.3, -0.25) is 9.36 Å². The van der Waals surface area contributed by atoms with Gasteiger partial charge in [-0.05, 0) is 61.9 Å². The zero-order valence-electron chi connectivity index (χ0n) is 18.7. The second-order valence-electron chi connectivity index (χ2n) is 10.3. The van der Waals surface area contributed by atoms with Crippen LogP contribution in [-0.2, 0) is 15.3 Å². The third kappa shape index (κ3) is 3.26. The summed E-state index contributed by atoms with van der Waals surface area (Å²) in [6, 6.07) is 7.83. The van der Waals surface area contributed by atoms with Crippen molar-refractivity contribution in [1.29, 1.82) is 0 Å². The molecule has 1 saturated heterocycles. The van der Waals surface area contributed by atoms with Crippen LogP contribution in [0.2, 0.25) is 0 Å². The number of anilines is 1. The molecule has 2 aliphatic carbocycles. The minimum atomic E-state index is -0.516. The van der Waals surface area contributed by atoms with Crippen molar-refractivity contribution in [1.82, 2.24) is 9.88 Å². The van der Waals surface area contributed by atoms with Crippen molar-refractivity contribution in [2.75, 3.05) is 11.9 Å². The number of ether oxygens (including phenoxy) is 1. The van der Waals surface area contributed by atoms with Crippen LogP contribution in [0.3, 0.4) is 0 Å². The first-order valence-corrected chi connectivity index (χ1v) is 12.6. The Morgan fingerprint density at radius 2 is 1.81 bits per heavy atom. The molecule has 6 heteroatoms. The van der Waals surface area contributed by atoms with Gasteiger partial charge in [0.15, 0.2) is 5.72 Å². The Labute approximate surface area is 189 Å². The van der Waals surface area contributed by atoms with E-state index in [0.717, 1.165) is 55.2 Å². The van der Waals surface area contributed by atoms with Gasteiger partial charge in [-0.1, -0.05) is 38.5 Å². The number of aromatic nitrogens is 1. The first-order chi connectivity index (χ1) is 15.6. The summed E-state index contributed by atoms with van der Waals surface area (Å²) in [5.41, 5.74) is 1.94. The molecule has 2 saturated carbocycles. The number of amides is 1. The SMILES string of the molecule is O=C1OC2(CCCCC2)n2c1cc1cc(NC(=O)[C@H]3NCC[C@H]3C3CCCCC3)ccc12. The molecule has 1 spiro atoms. The highest BCUT2D eigenvalue weighted by Crippen LogP contribution is 2.45. The van der Waals surface area contributed by atoms with E-state index >= 15 is 0 Å². The predicted molar refractivity (Wildman–Crippen MR) is 124 cm³/mol. The van der Waals surface area contributed by atoms with Crippen LogP contribution in [0, 0.1) is 11.8 Å². The van der Waals surface area contributed by atoms with E-state index in [4.69, 9.17) is 4.74 Å². The van der Waals surface area contributed by atoms with Crippen LogP contribution < -0.4 is 10.6 Å². The molecular weight excluding hydrogens is 402 g/mol. The fraction of sp³-hybridized carbons (Fsp3) is 0.615. The minimum Gasteiger partial charge on any atom is -0.434 e. The number of nitrogens with one attached hydrogen (secondary N) is 2. The topological polar surface area (TPSA) is 72.4 Å². The van der Waals surface area contributed by atoms with Gasteiger partial charge >= 0.3 is 5.97 Å². The Balaban J connectivity index is 1.24. The van der Waals surface area contributed by atoms with E-state index in [-0.39, 0.29) is 17.9 Å². The van der Waals surface area contributed by atoms with Crippen LogP contribution in [0.1, 0.15) is 81.1 Å². The van der Waals surface area contributed by atoms with Crippen LogP contribution in [0.25, 0.3) is 10.9 Å². The lowest BCUT2D eigenvalue weighted by atomic mass is 9.76. The van der Waals surface area contributed by atoms with Gasteiger partial charge in [0.05, 0.1) is 11.6 Å². The molecule has 32 heavy (non-hydrogen) atoms. The smallest absolute Gasteiger partial charge is 0.357 e. The number of nitrogens with zero attached hydrogens (tertiary/aromatic N) is 1. The summed E-state index contributed by atoms with van der Waals surface area (Å²) in [7, 11) is 0. The number of rotatable bonds is 3. The molecule has 3 heterocycles. The maximum atomic E-state index is 13.2. The molecule has 170 valence electrons. The summed E-state index contributed by atoms with van der Waals surface area (Å²) in [6.45, 7) is 0.925. The van der Waals surface area contributed by atoms with Gasteiger partial charge < -0.3 is 15.4 Å². The second-order valence-corrected chi connectivity index (χ2v) is 10.3. The number of carbonyl (C=O) groups excluding carboxylic acids is 2. The summed E-state index contributed by atoms with van der Waals surface area (Å²) in [5, 5.41) is 7.61. The van der Waals surface area contributed by atoms with E-state index in [9.17, 15) is 9.59 Å². The highest BCUT2D eigenvalue weighted by atomic mass is 16.6. The normalized spacial score (nSPS) is 27.6. The third-order valence-corrected chi connectivity index (χ3v) is 8.41. The van der Waals surface area contributed by atoms with Crippen molar-refractivity contribution in [3.8, 4) is 0 Å². The molecule has 0 bridgehead atoms. The van der Waals surface area contributed by atoms with Gasteiger partial charge in [0.1, 0.15) is 5.69 Å². The summed E-state index contributed by atoms with van der Waals surface area (Å²) < 4.78 is 8.00. The van der Waals surface area contributed by atoms with Gasteiger partial charge in [0, 0.05) is 23.9 Å². The molecule has 6 rings (SSSR count). The lowest BCUT2D eigenvalue weighted by Gasteiger charge is -2.34. The molecule has 4 aliphatic rings. The average molecular weight is 436 g/mol. The van der Waals surface area contributed by atoms with Crippen LogP contribution in [0.5, 0.6) is 0 Å². The second kappa shape index (κ2) is 7.91. The quantitative estimate of drug-likeness (QED) is 0.671. The predicted octanol–water partition coefficient (Wildman–Crippen LogP) is 4.93. The van der Waals surface area contributed by atoms with Crippen molar-refractivity contribution in [2.24, 2.45) is 11.8 Å². The van der Waals surface area contributed by atoms with Crippen molar-refractivity contribution >= 4 is 28.5 Å². The number of fused-ring (bicyclic) bond motifs is 4. The standard InChI is InChI=1S/C26H33N3O3/c30-24(23-20(11-14-27-23)17-7-3-1-4-8-17)28-19-9-10-21-18(15-19)16-22-25(31)32-26(29(21)22)12-5-2-6-13-26/h9-10,15-17,20,23,27H,1-8,11-14H2,(H,28,30)/t20-,23-/m0/s1. The first-order valence-electron chi connectivity index (χ1n) is 12.6. The Morgan fingerprint density at radius 1 is 1.03 bits per heavy atom. The monoisotopic (exact) mass is 435 g/mol. The number of benzene rings is 1. The summed E-state index contributed by atoms with van der Waals surface area (Å²) in [4.78, 5) is 25.8. The maximum Gasteiger partial charge on any atom is 0.357 e. The van der Waals surface area contributed by atoms with E-state index in [0.29, 0.717) is 17.5 Å². The van der Waals surface area contributed by atoms with Gasteiger partial charge in [0.25, 0.3) is 0 Å². The molecule has 1 aromatic heterocycles. The lowest BCUT2D eigenvalue weighted by molar-refractivity contribution is -0.119. The molecule has 2 atom stereocenters. The van der Waals surface area contributed by atoms with Crippen LogP contribution in [0.4, 0.5) is 5.69 Å². The molecule has 3 fully saturated rings. The van der Waals surface area contributed by atoms with E-state index < -0.39 is 5.72 Å². The third-order valence-electron chi connectivity index (χ3n) is 8.41. The van der Waals surface area contributed by atoms with Crippen molar-refractivity contribution < 1.29 is 14.3 Å². The van der Waals surface area contributed by atoms with Crippen LogP contribution >= 0.6 is 0 Å². The van der Waals surface area contributed by atoms with Crippen LogP contribution in [-0.4, -0.2) is 29.0 Å². The number of carbonyl (C=O) groups is 2. The Hall–Kier alpha value is -2.34. The number of hydrogen-bond acceptors (Lipinski definition) is 4. The Kier molecular flexibility index (Phi) is 5.01. The lowest BCUT2D eigenvalue weighted by Crippen LogP contribution is -2.42.